The molecule has 0 atom stereocenters. The van der Waals surface area contributed by atoms with Gasteiger partial charge in [0.05, 0.1) is 11.7 Å². The Bertz CT molecular complexity index is 1520. The summed E-state index contributed by atoms with van der Waals surface area (Å²) < 4.78 is 18.2. The van der Waals surface area contributed by atoms with Crippen LogP contribution in [0.1, 0.15) is 21.7 Å². The summed E-state index contributed by atoms with van der Waals surface area (Å²) in [4.78, 5) is 18.8. The second-order valence-electron chi connectivity index (χ2n) is 7.93. The normalized spacial score (nSPS) is 11.4. The van der Waals surface area contributed by atoms with Crippen LogP contribution in [0.25, 0.3) is 21.8 Å². The number of carbonyl (C=O) groups excluding carboxylic acids is 1. The zero-order valence-electron chi connectivity index (χ0n) is 18.5. The van der Waals surface area contributed by atoms with Crippen molar-refractivity contribution in [2.75, 3.05) is 0 Å². The number of pyridine rings is 1. The number of carbonyl (C=O) groups is 1. The number of fused-ring (bicyclic) bond motifs is 2. The number of hydrogen-bond donors (Lipinski definition) is 1. The van der Waals surface area contributed by atoms with Crippen LogP contribution in [0.3, 0.4) is 0 Å². The van der Waals surface area contributed by atoms with Gasteiger partial charge in [-0.2, -0.15) is 5.10 Å². The first-order valence-electron chi connectivity index (χ1n) is 10.5. The van der Waals surface area contributed by atoms with Crippen molar-refractivity contribution in [2.45, 2.75) is 23.3 Å². The van der Waals surface area contributed by atoms with Crippen LogP contribution in [0.5, 0.6) is 0 Å². The van der Waals surface area contributed by atoms with Gasteiger partial charge in [-0.3, -0.25) is 14.5 Å². The van der Waals surface area contributed by atoms with Gasteiger partial charge >= 0.3 is 0 Å². The fourth-order valence-corrected chi connectivity index (χ4v) is 5.08. The van der Waals surface area contributed by atoms with Crippen molar-refractivity contribution in [3.8, 4) is 0 Å². The van der Waals surface area contributed by atoms with E-state index in [0.717, 1.165) is 37.3 Å². The van der Waals surface area contributed by atoms with Crippen LogP contribution in [-0.4, -0.2) is 25.2 Å². The van der Waals surface area contributed by atoms with Crippen LogP contribution in [0.15, 0.2) is 70.7 Å². The standard InChI is InChI=1S/C25H22FN5OS/c1-15-22(33-19-10-16-8-5-9-27-23(16)20(26)11-19)12-21(30(15)2)25(32)28-13-17-6-4-7-18-14-29-31(3)24(17)18/h4-12,14H,13H2,1-3H3,(H,28,32). The average molecular weight is 460 g/mol. The summed E-state index contributed by atoms with van der Waals surface area (Å²) in [5, 5.41) is 9.11. The Morgan fingerprint density at radius 1 is 1.12 bits per heavy atom. The molecular formula is C25H22FN5OS. The fraction of sp³-hybridized carbons (Fsp3) is 0.160. The highest BCUT2D eigenvalue weighted by atomic mass is 32.2. The lowest BCUT2D eigenvalue weighted by Gasteiger charge is -2.09. The SMILES string of the molecule is Cc1c(Sc2cc(F)c3ncccc3c2)cc(C(=O)NCc2cccc3cnn(C)c23)n1C. The summed E-state index contributed by atoms with van der Waals surface area (Å²) >= 11 is 1.43. The molecule has 2 aromatic carbocycles. The molecule has 5 rings (SSSR count). The van der Waals surface area contributed by atoms with Crippen LogP contribution < -0.4 is 5.32 Å². The molecule has 1 N–H and O–H groups in total. The summed E-state index contributed by atoms with van der Waals surface area (Å²) in [6.07, 6.45) is 3.40. The molecule has 5 aromatic rings. The zero-order valence-corrected chi connectivity index (χ0v) is 19.3. The first-order valence-corrected chi connectivity index (χ1v) is 11.3. The number of amides is 1. The van der Waals surface area contributed by atoms with E-state index in [1.165, 1.54) is 17.8 Å². The van der Waals surface area contributed by atoms with Crippen molar-refractivity contribution >= 4 is 39.5 Å². The van der Waals surface area contributed by atoms with Gasteiger partial charge < -0.3 is 9.88 Å². The Morgan fingerprint density at radius 2 is 1.94 bits per heavy atom. The third-order valence-corrected chi connectivity index (χ3v) is 6.97. The van der Waals surface area contributed by atoms with Crippen molar-refractivity contribution in [1.29, 1.82) is 0 Å². The Balaban J connectivity index is 1.38. The lowest BCUT2D eigenvalue weighted by molar-refractivity contribution is 0.0942. The van der Waals surface area contributed by atoms with Crippen LogP contribution >= 0.6 is 11.8 Å². The predicted octanol–water partition coefficient (Wildman–Crippen LogP) is 4.99. The maximum Gasteiger partial charge on any atom is 0.268 e. The second-order valence-corrected chi connectivity index (χ2v) is 9.04. The molecule has 0 bridgehead atoms. The highest BCUT2D eigenvalue weighted by molar-refractivity contribution is 7.99. The first kappa shape index (κ1) is 21.2. The topological polar surface area (TPSA) is 64.7 Å². The number of para-hydroxylation sites is 1. The van der Waals surface area contributed by atoms with E-state index in [1.807, 2.05) is 72.9 Å². The smallest absolute Gasteiger partial charge is 0.268 e. The van der Waals surface area contributed by atoms with E-state index in [1.54, 1.807) is 12.3 Å². The highest BCUT2D eigenvalue weighted by Crippen LogP contribution is 2.34. The zero-order chi connectivity index (χ0) is 23.1. The molecule has 0 saturated carbocycles. The second kappa shape index (κ2) is 8.37. The molecule has 0 radical (unpaired) electrons. The molecule has 0 aliphatic heterocycles. The maximum atomic E-state index is 14.5. The molecule has 166 valence electrons. The highest BCUT2D eigenvalue weighted by Gasteiger charge is 2.17. The minimum atomic E-state index is -0.355. The summed E-state index contributed by atoms with van der Waals surface area (Å²) in [5.74, 6) is -0.521. The van der Waals surface area contributed by atoms with Gasteiger partial charge in [-0.15, -0.1) is 0 Å². The molecule has 0 aliphatic carbocycles. The minimum Gasteiger partial charge on any atom is -0.347 e. The number of aromatic nitrogens is 4. The lowest BCUT2D eigenvalue weighted by Crippen LogP contribution is -2.25. The third kappa shape index (κ3) is 3.87. The van der Waals surface area contributed by atoms with Crippen LogP contribution in [0.4, 0.5) is 4.39 Å². The van der Waals surface area contributed by atoms with Crippen molar-refractivity contribution in [1.82, 2.24) is 24.6 Å². The summed E-state index contributed by atoms with van der Waals surface area (Å²) in [6.45, 7) is 2.35. The molecule has 0 saturated heterocycles. The predicted molar refractivity (Wildman–Crippen MR) is 128 cm³/mol. The van der Waals surface area contributed by atoms with E-state index in [9.17, 15) is 9.18 Å². The largest absolute Gasteiger partial charge is 0.347 e. The molecule has 1 amide bonds. The number of nitrogens with zero attached hydrogens (tertiary/aromatic N) is 4. The van der Waals surface area contributed by atoms with Crippen LogP contribution in [0, 0.1) is 12.7 Å². The van der Waals surface area contributed by atoms with E-state index >= 15 is 0 Å². The van der Waals surface area contributed by atoms with Crippen molar-refractivity contribution in [3.05, 3.63) is 83.7 Å². The van der Waals surface area contributed by atoms with Crippen molar-refractivity contribution in [2.24, 2.45) is 14.1 Å². The Kier molecular flexibility index (Phi) is 5.38. The summed E-state index contributed by atoms with van der Waals surface area (Å²) in [6, 6.07) is 14.8. The number of nitrogens with one attached hydrogen (secondary N) is 1. The molecular weight excluding hydrogens is 437 g/mol. The van der Waals surface area contributed by atoms with Crippen molar-refractivity contribution < 1.29 is 9.18 Å². The maximum absolute atomic E-state index is 14.5. The molecule has 3 aromatic heterocycles. The molecule has 6 nitrogen and oxygen atoms in total. The number of aryl methyl sites for hydroxylation is 1. The quantitative estimate of drug-likeness (QED) is 0.402. The van der Waals surface area contributed by atoms with Crippen molar-refractivity contribution in [3.63, 3.8) is 0 Å². The van der Waals surface area contributed by atoms with Gasteiger partial charge in [-0.25, -0.2) is 4.39 Å². The van der Waals surface area contributed by atoms with E-state index in [0.29, 0.717) is 17.8 Å². The number of benzene rings is 2. The third-order valence-electron chi connectivity index (χ3n) is 5.87. The molecule has 0 spiro atoms. The Hall–Kier alpha value is -3.65. The number of rotatable bonds is 5. The van der Waals surface area contributed by atoms with E-state index in [4.69, 9.17) is 0 Å². The summed E-state index contributed by atoms with van der Waals surface area (Å²) in [7, 11) is 3.75. The van der Waals surface area contributed by atoms with E-state index < -0.39 is 0 Å². The lowest BCUT2D eigenvalue weighted by atomic mass is 10.1. The monoisotopic (exact) mass is 459 g/mol. The van der Waals surface area contributed by atoms with Crippen LogP contribution in [-0.2, 0) is 20.6 Å². The fourth-order valence-electron chi connectivity index (χ4n) is 4.03. The molecule has 33 heavy (non-hydrogen) atoms. The van der Waals surface area contributed by atoms with Gasteiger partial charge in [0.15, 0.2) is 5.82 Å². The van der Waals surface area contributed by atoms with Crippen LogP contribution in [0.2, 0.25) is 0 Å². The molecule has 3 heterocycles. The van der Waals surface area contributed by atoms with Gasteiger partial charge in [-0.05, 0) is 36.8 Å². The Morgan fingerprint density at radius 3 is 2.79 bits per heavy atom. The molecule has 0 unspecified atom stereocenters. The summed E-state index contributed by atoms with van der Waals surface area (Å²) in [5.41, 5.74) is 3.85. The number of hydrogen-bond acceptors (Lipinski definition) is 4. The Labute approximate surface area is 194 Å². The minimum absolute atomic E-state index is 0.166. The average Bonchev–Trinajstić information content (AvgIpc) is 3.33. The van der Waals surface area contributed by atoms with E-state index in [2.05, 4.69) is 15.4 Å². The van der Waals surface area contributed by atoms with Gasteiger partial charge in [0.1, 0.15) is 11.2 Å². The van der Waals surface area contributed by atoms with Gasteiger partial charge in [-0.1, -0.05) is 36.0 Å². The van der Waals surface area contributed by atoms with Gasteiger partial charge in [0.25, 0.3) is 5.91 Å². The van der Waals surface area contributed by atoms with Gasteiger partial charge in [0.2, 0.25) is 0 Å². The number of halogens is 1. The van der Waals surface area contributed by atoms with E-state index in [-0.39, 0.29) is 11.7 Å². The molecule has 8 heteroatoms. The first-order chi connectivity index (χ1) is 15.9. The molecule has 0 aliphatic rings. The van der Waals surface area contributed by atoms with Gasteiger partial charge in [0, 0.05) is 53.1 Å². The molecule has 0 fully saturated rings.